The Morgan fingerprint density at radius 1 is 1.29 bits per heavy atom. The number of nitrogens with zero attached hydrogens (tertiary/aromatic N) is 1. The fraction of sp³-hybridized carbons (Fsp3) is 0.400. The third-order valence-corrected chi connectivity index (χ3v) is 4.80. The van der Waals surface area contributed by atoms with E-state index in [9.17, 15) is 9.90 Å². The summed E-state index contributed by atoms with van der Waals surface area (Å²) < 4.78 is 0. The number of hydrogen-bond acceptors (Lipinski definition) is 3. The average Bonchev–Trinajstić information content (AvgIpc) is 2.54. The number of aryl methyl sites for hydroxylation is 2. The third-order valence-electron chi connectivity index (χ3n) is 4.80. The summed E-state index contributed by atoms with van der Waals surface area (Å²) in [6, 6.07) is 11.8. The van der Waals surface area contributed by atoms with Gasteiger partial charge in [-0.15, -0.1) is 0 Å². The molecule has 1 heterocycles. The minimum atomic E-state index is -0.253. The Labute approximate surface area is 142 Å². The van der Waals surface area contributed by atoms with Crippen molar-refractivity contribution in [2.24, 2.45) is 5.92 Å². The number of benzene rings is 1. The van der Waals surface area contributed by atoms with Gasteiger partial charge in [0, 0.05) is 6.20 Å². The second-order valence-corrected chi connectivity index (χ2v) is 6.79. The number of aromatic nitrogens is 1. The molecule has 1 aliphatic rings. The van der Waals surface area contributed by atoms with E-state index < -0.39 is 0 Å². The molecule has 0 spiro atoms. The van der Waals surface area contributed by atoms with Gasteiger partial charge in [0.1, 0.15) is 0 Å². The second-order valence-electron chi connectivity index (χ2n) is 6.79. The first-order chi connectivity index (χ1) is 11.5. The smallest absolute Gasteiger partial charge is 0.224 e. The van der Waals surface area contributed by atoms with Gasteiger partial charge in [-0.2, -0.15) is 0 Å². The van der Waals surface area contributed by atoms with Crippen molar-refractivity contribution < 1.29 is 9.90 Å². The summed E-state index contributed by atoms with van der Waals surface area (Å²) in [6.07, 6.45) is 3.29. The van der Waals surface area contributed by atoms with Gasteiger partial charge in [-0.25, -0.2) is 0 Å². The van der Waals surface area contributed by atoms with E-state index in [1.54, 1.807) is 6.20 Å². The van der Waals surface area contributed by atoms with Crippen molar-refractivity contribution >= 4 is 5.91 Å². The number of nitrogens with one attached hydrogen (secondary N) is 1. The van der Waals surface area contributed by atoms with E-state index in [0.717, 1.165) is 22.4 Å². The molecule has 24 heavy (non-hydrogen) atoms. The number of hydrogen-bond donors (Lipinski definition) is 2. The molecule has 1 aliphatic carbocycles. The van der Waals surface area contributed by atoms with E-state index >= 15 is 0 Å². The molecule has 1 saturated carbocycles. The highest BCUT2D eigenvalue weighted by Gasteiger charge is 2.36. The van der Waals surface area contributed by atoms with Crippen LogP contribution < -0.4 is 5.32 Å². The van der Waals surface area contributed by atoms with Crippen LogP contribution in [0.4, 0.5) is 0 Å². The largest absolute Gasteiger partial charge is 0.393 e. The highest BCUT2D eigenvalue weighted by Crippen LogP contribution is 2.37. The number of rotatable bonds is 5. The quantitative estimate of drug-likeness (QED) is 0.889. The van der Waals surface area contributed by atoms with Gasteiger partial charge in [-0.05, 0) is 55.9 Å². The van der Waals surface area contributed by atoms with Gasteiger partial charge < -0.3 is 10.4 Å². The maximum atomic E-state index is 12.6. The molecule has 0 radical (unpaired) electrons. The van der Waals surface area contributed by atoms with Crippen LogP contribution in [0.25, 0.3) is 0 Å². The fourth-order valence-electron chi connectivity index (χ4n) is 3.28. The van der Waals surface area contributed by atoms with Gasteiger partial charge in [-0.1, -0.05) is 29.8 Å². The average molecular weight is 324 g/mol. The Bertz CT molecular complexity index is 709. The lowest BCUT2D eigenvalue weighted by Crippen LogP contribution is -2.42. The van der Waals surface area contributed by atoms with E-state index in [0.29, 0.717) is 19.3 Å². The van der Waals surface area contributed by atoms with Crippen LogP contribution in [0.1, 0.15) is 41.3 Å². The minimum Gasteiger partial charge on any atom is -0.393 e. The standard InChI is InChI=1S/C20H24N2O2/c1-13-6-7-14(2)15(9-13)12-19(24)22-20(16-10-17(23)11-16)18-5-3-4-8-21-18/h3-9,16-17,20,23H,10-12H2,1-2H3,(H,22,24)/t16?,17?,20-/m0/s1. The Hall–Kier alpha value is -2.20. The predicted octanol–water partition coefficient (Wildman–Crippen LogP) is 2.87. The Morgan fingerprint density at radius 3 is 2.75 bits per heavy atom. The summed E-state index contributed by atoms with van der Waals surface area (Å²) in [7, 11) is 0. The highest BCUT2D eigenvalue weighted by atomic mass is 16.3. The van der Waals surface area contributed by atoms with Crippen LogP contribution in [0.15, 0.2) is 42.6 Å². The Balaban J connectivity index is 1.72. The zero-order valence-corrected chi connectivity index (χ0v) is 14.2. The number of amides is 1. The van der Waals surface area contributed by atoms with E-state index in [4.69, 9.17) is 0 Å². The van der Waals surface area contributed by atoms with Crippen molar-refractivity contribution in [3.63, 3.8) is 0 Å². The molecular formula is C20H24N2O2. The number of aliphatic hydroxyl groups is 1. The lowest BCUT2D eigenvalue weighted by atomic mass is 9.76. The molecule has 4 heteroatoms. The number of pyridine rings is 1. The molecule has 0 unspecified atom stereocenters. The van der Waals surface area contributed by atoms with E-state index in [1.165, 1.54) is 0 Å². The van der Waals surface area contributed by atoms with Crippen molar-refractivity contribution in [2.75, 3.05) is 0 Å². The van der Waals surface area contributed by atoms with E-state index in [2.05, 4.69) is 28.5 Å². The van der Waals surface area contributed by atoms with E-state index in [1.807, 2.05) is 32.0 Å². The van der Waals surface area contributed by atoms with Crippen LogP contribution in [0.2, 0.25) is 0 Å². The van der Waals surface area contributed by atoms with Gasteiger partial charge >= 0.3 is 0 Å². The van der Waals surface area contributed by atoms with Gasteiger partial charge in [0.15, 0.2) is 0 Å². The summed E-state index contributed by atoms with van der Waals surface area (Å²) >= 11 is 0. The maximum Gasteiger partial charge on any atom is 0.224 e. The van der Waals surface area contributed by atoms with Crippen molar-refractivity contribution in [1.82, 2.24) is 10.3 Å². The Morgan fingerprint density at radius 2 is 2.08 bits per heavy atom. The summed E-state index contributed by atoms with van der Waals surface area (Å²) in [5.41, 5.74) is 4.21. The van der Waals surface area contributed by atoms with Gasteiger partial charge in [-0.3, -0.25) is 9.78 Å². The second kappa shape index (κ2) is 7.14. The number of carbonyl (C=O) groups is 1. The molecule has 1 atom stereocenters. The number of carbonyl (C=O) groups excluding carboxylic acids is 1. The lowest BCUT2D eigenvalue weighted by Gasteiger charge is -2.37. The topological polar surface area (TPSA) is 62.2 Å². The molecule has 1 fully saturated rings. The number of aliphatic hydroxyl groups excluding tert-OH is 1. The molecule has 2 aromatic rings. The van der Waals surface area contributed by atoms with E-state index in [-0.39, 0.29) is 24.0 Å². The van der Waals surface area contributed by atoms with Crippen molar-refractivity contribution in [1.29, 1.82) is 0 Å². The maximum absolute atomic E-state index is 12.6. The molecule has 3 rings (SSSR count). The van der Waals surface area contributed by atoms with Crippen molar-refractivity contribution in [2.45, 2.75) is 45.3 Å². The molecule has 0 bridgehead atoms. The molecular weight excluding hydrogens is 300 g/mol. The first-order valence-corrected chi connectivity index (χ1v) is 8.47. The van der Waals surface area contributed by atoms with Crippen LogP contribution >= 0.6 is 0 Å². The molecule has 0 aliphatic heterocycles. The zero-order valence-electron chi connectivity index (χ0n) is 14.2. The minimum absolute atomic E-state index is 0.000688. The van der Waals surface area contributed by atoms with Crippen LogP contribution in [-0.2, 0) is 11.2 Å². The van der Waals surface area contributed by atoms with Crippen LogP contribution in [0, 0.1) is 19.8 Å². The first-order valence-electron chi connectivity index (χ1n) is 8.47. The Kier molecular flexibility index (Phi) is 4.95. The zero-order chi connectivity index (χ0) is 17.1. The third kappa shape index (κ3) is 3.82. The molecule has 1 aromatic carbocycles. The van der Waals surface area contributed by atoms with Crippen LogP contribution in [0.5, 0.6) is 0 Å². The van der Waals surface area contributed by atoms with Crippen LogP contribution in [0.3, 0.4) is 0 Å². The molecule has 126 valence electrons. The first kappa shape index (κ1) is 16.7. The molecule has 2 N–H and O–H groups in total. The summed E-state index contributed by atoms with van der Waals surface area (Å²) in [6.45, 7) is 4.06. The molecule has 1 aromatic heterocycles. The monoisotopic (exact) mass is 324 g/mol. The fourth-order valence-corrected chi connectivity index (χ4v) is 3.28. The van der Waals surface area contributed by atoms with Crippen molar-refractivity contribution in [3.8, 4) is 0 Å². The normalized spacial score (nSPS) is 21.0. The molecule has 4 nitrogen and oxygen atoms in total. The van der Waals surface area contributed by atoms with Gasteiger partial charge in [0.25, 0.3) is 0 Å². The van der Waals surface area contributed by atoms with Gasteiger partial charge in [0.05, 0.1) is 24.3 Å². The molecule has 1 amide bonds. The summed E-state index contributed by atoms with van der Waals surface area (Å²) in [5, 5.41) is 12.8. The summed E-state index contributed by atoms with van der Waals surface area (Å²) in [5.74, 6) is 0.248. The SMILES string of the molecule is Cc1ccc(C)c(CC(=O)N[C@H](c2ccccn2)C2CC(O)C2)c1. The molecule has 0 saturated heterocycles. The summed E-state index contributed by atoms with van der Waals surface area (Å²) in [4.78, 5) is 17.0. The van der Waals surface area contributed by atoms with Crippen molar-refractivity contribution in [3.05, 3.63) is 65.0 Å². The van der Waals surface area contributed by atoms with Crippen LogP contribution in [-0.4, -0.2) is 22.1 Å². The lowest BCUT2D eigenvalue weighted by molar-refractivity contribution is -0.122. The van der Waals surface area contributed by atoms with Gasteiger partial charge in [0.2, 0.25) is 5.91 Å². The highest BCUT2D eigenvalue weighted by molar-refractivity contribution is 5.79. The predicted molar refractivity (Wildman–Crippen MR) is 93.5 cm³/mol.